The normalized spacial score (nSPS) is 13.1. The Kier molecular flexibility index (Phi) is 31.1. The molecule has 0 fully saturated rings. The molecule has 2 atom stereocenters. The molecule has 0 aliphatic rings. The number of rotatable bonds is 36. The van der Waals surface area contributed by atoms with Gasteiger partial charge in [0.2, 0.25) is 0 Å². The molecule has 0 aliphatic carbocycles. The van der Waals surface area contributed by atoms with E-state index in [0.717, 1.165) is 0 Å². The molecular weight excluding hydrogens is 544 g/mol. The van der Waals surface area contributed by atoms with E-state index in [1.165, 1.54) is 224 Å². The van der Waals surface area contributed by atoms with Gasteiger partial charge in [-0.05, 0) is 26.2 Å². The summed E-state index contributed by atoms with van der Waals surface area (Å²) < 4.78 is 2.58. The lowest BCUT2D eigenvalue weighted by molar-refractivity contribution is 0.412. The van der Waals surface area contributed by atoms with Crippen LogP contribution in [0, 0.1) is 0 Å². The van der Waals surface area contributed by atoms with Gasteiger partial charge in [0.25, 0.3) is 0 Å². The topological polar surface area (TPSA) is 17.8 Å². The maximum Gasteiger partial charge on any atom is 0.111 e. The zero-order valence-corrected chi connectivity index (χ0v) is 31.7. The third-order valence-electron chi connectivity index (χ3n) is 10.6. The van der Waals surface area contributed by atoms with Gasteiger partial charge >= 0.3 is 0 Å². The minimum Gasteiger partial charge on any atom is -0.332 e. The number of imidazole rings is 1. The Morgan fingerprint density at radius 1 is 0.422 bits per heavy atom. The molecule has 0 amide bonds. The molecule has 1 rings (SSSR count). The quantitative estimate of drug-likeness (QED) is 0.0676. The minimum absolute atomic E-state index is 0.587. The van der Waals surface area contributed by atoms with Crippen LogP contribution in [0.4, 0.5) is 0 Å². The highest BCUT2D eigenvalue weighted by Gasteiger charge is 2.19. The summed E-state index contributed by atoms with van der Waals surface area (Å²) in [6.45, 7) is 9.40. The summed E-state index contributed by atoms with van der Waals surface area (Å²) in [5.74, 6) is 2.06. The van der Waals surface area contributed by atoms with Crippen LogP contribution in [0.1, 0.15) is 264 Å². The van der Waals surface area contributed by atoms with E-state index in [0.29, 0.717) is 12.0 Å². The van der Waals surface area contributed by atoms with Crippen molar-refractivity contribution in [2.24, 2.45) is 0 Å². The summed E-state index contributed by atoms with van der Waals surface area (Å²) in [6, 6.07) is 0.587. The molecule has 2 unspecified atom stereocenters. The molecule has 266 valence electrons. The first-order valence-corrected chi connectivity index (χ1v) is 21.3. The zero-order valence-electron chi connectivity index (χ0n) is 31.7. The van der Waals surface area contributed by atoms with Gasteiger partial charge < -0.3 is 4.57 Å². The van der Waals surface area contributed by atoms with Gasteiger partial charge in [-0.3, -0.25) is 0 Å². The van der Waals surface area contributed by atoms with Gasteiger partial charge in [0.15, 0.2) is 0 Å². The fraction of sp³-hybridized carbons (Fsp3) is 0.930. The van der Waals surface area contributed by atoms with E-state index in [4.69, 9.17) is 4.98 Å². The Hall–Kier alpha value is -0.790. The number of nitrogens with zero attached hydrogens (tertiary/aromatic N) is 2. The summed E-state index contributed by atoms with van der Waals surface area (Å²) in [7, 11) is 0. The van der Waals surface area contributed by atoms with E-state index in [1.54, 1.807) is 0 Å². The third-order valence-corrected chi connectivity index (χ3v) is 10.6. The van der Waals surface area contributed by atoms with E-state index >= 15 is 0 Å². The molecule has 2 heteroatoms. The molecule has 0 aromatic carbocycles. The fourth-order valence-electron chi connectivity index (χ4n) is 7.42. The summed E-state index contributed by atoms with van der Waals surface area (Å²) in [5, 5.41) is 0. The first-order valence-electron chi connectivity index (χ1n) is 21.3. The van der Waals surface area contributed by atoms with Crippen molar-refractivity contribution in [3.8, 4) is 0 Å². The monoisotopic (exact) mass is 629 g/mol. The van der Waals surface area contributed by atoms with E-state index in [9.17, 15) is 0 Å². The molecule has 45 heavy (non-hydrogen) atoms. The predicted octanol–water partition coefficient (Wildman–Crippen LogP) is 15.9. The summed E-state index contributed by atoms with van der Waals surface area (Å²) in [5.41, 5.74) is 0. The smallest absolute Gasteiger partial charge is 0.111 e. The lowest BCUT2D eigenvalue weighted by atomic mass is 9.93. The number of hydrogen-bond donors (Lipinski definition) is 0. The van der Waals surface area contributed by atoms with Crippen molar-refractivity contribution < 1.29 is 0 Å². The molecule has 0 spiro atoms. The van der Waals surface area contributed by atoms with Crippen molar-refractivity contribution in [2.75, 3.05) is 0 Å². The minimum atomic E-state index is 0.587. The molecule has 0 radical (unpaired) electrons. The Balaban J connectivity index is 2.29. The van der Waals surface area contributed by atoms with E-state index < -0.39 is 0 Å². The van der Waals surface area contributed by atoms with Crippen LogP contribution >= 0.6 is 0 Å². The maximum absolute atomic E-state index is 5.01. The molecule has 0 bridgehead atoms. The van der Waals surface area contributed by atoms with Crippen LogP contribution in [0.3, 0.4) is 0 Å². The van der Waals surface area contributed by atoms with Gasteiger partial charge in [0, 0.05) is 24.4 Å². The standard InChI is InChI=1S/C43H84N2/c1-5-8-11-14-16-18-20-22-23-24-26-28-31-33-36-41(4)45-40-39-44-43(45)42(37-34-30-13-10-7-3)38-35-32-29-27-25-21-19-17-15-12-9-6-2/h39-42H,5-38H2,1-4H3. The lowest BCUT2D eigenvalue weighted by Gasteiger charge is -2.22. The number of unbranched alkanes of at least 4 members (excludes halogenated alkanes) is 28. The van der Waals surface area contributed by atoms with Gasteiger partial charge in [-0.1, -0.05) is 220 Å². The SMILES string of the molecule is CCCCCCCCCCCCCCCCC(C)n1ccnc1C(CCCCCCC)CCCCCCCCCCCCCC. The van der Waals surface area contributed by atoms with Crippen LogP contribution in [-0.4, -0.2) is 9.55 Å². The second-order valence-corrected chi connectivity index (χ2v) is 15.0. The maximum atomic E-state index is 5.01. The Morgan fingerprint density at radius 2 is 0.711 bits per heavy atom. The van der Waals surface area contributed by atoms with Gasteiger partial charge in [-0.2, -0.15) is 0 Å². The second-order valence-electron chi connectivity index (χ2n) is 15.0. The number of hydrogen-bond acceptors (Lipinski definition) is 1. The molecular formula is C43H84N2. The molecule has 0 saturated heterocycles. The van der Waals surface area contributed by atoms with E-state index in [2.05, 4.69) is 44.7 Å². The Labute approximate surface area is 285 Å². The van der Waals surface area contributed by atoms with Gasteiger partial charge in [-0.15, -0.1) is 0 Å². The van der Waals surface area contributed by atoms with Crippen LogP contribution in [0.15, 0.2) is 12.4 Å². The van der Waals surface area contributed by atoms with Crippen LogP contribution in [0.25, 0.3) is 0 Å². The molecule has 0 aliphatic heterocycles. The van der Waals surface area contributed by atoms with E-state index in [-0.39, 0.29) is 0 Å². The first-order chi connectivity index (χ1) is 22.2. The Bertz CT molecular complexity index is 694. The summed E-state index contributed by atoms with van der Waals surface area (Å²) in [4.78, 5) is 5.01. The van der Waals surface area contributed by atoms with Crippen molar-refractivity contribution in [2.45, 2.75) is 258 Å². The van der Waals surface area contributed by atoms with Crippen molar-refractivity contribution in [3.05, 3.63) is 18.2 Å². The Morgan fingerprint density at radius 3 is 1.04 bits per heavy atom. The largest absolute Gasteiger partial charge is 0.332 e. The molecule has 1 aromatic rings. The van der Waals surface area contributed by atoms with Crippen molar-refractivity contribution in [1.82, 2.24) is 9.55 Å². The predicted molar refractivity (Wildman–Crippen MR) is 204 cm³/mol. The summed E-state index contributed by atoms with van der Waals surface area (Å²) >= 11 is 0. The van der Waals surface area contributed by atoms with Crippen LogP contribution in [0.2, 0.25) is 0 Å². The van der Waals surface area contributed by atoms with E-state index in [1.807, 2.05) is 0 Å². The molecule has 0 saturated carbocycles. The lowest BCUT2D eigenvalue weighted by Crippen LogP contribution is -2.13. The first kappa shape index (κ1) is 42.2. The van der Waals surface area contributed by atoms with Gasteiger partial charge in [0.1, 0.15) is 5.82 Å². The van der Waals surface area contributed by atoms with Crippen molar-refractivity contribution in [1.29, 1.82) is 0 Å². The highest BCUT2D eigenvalue weighted by atomic mass is 15.1. The highest BCUT2D eigenvalue weighted by molar-refractivity contribution is 5.02. The van der Waals surface area contributed by atoms with Crippen molar-refractivity contribution >= 4 is 0 Å². The van der Waals surface area contributed by atoms with Crippen LogP contribution in [-0.2, 0) is 0 Å². The molecule has 0 N–H and O–H groups in total. The van der Waals surface area contributed by atoms with Gasteiger partial charge in [0.05, 0.1) is 0 Å². The van der Waals surface area contributed by atoms with Crippen LogP contribution in [0.5, 0.6) is 0 Å². The molecule has 1 aromatic heterocycles. The van der Waals surface area contributed by atoms with Crippen molar-refractivity contribution in [3.63, 3.8) is 0 Å². The number of aromatic nitrogens is 2. The molecule has 2 nitrogen and oxygen atoms in total. The molecule has 1 heterocycles. The van der Waals surface area contributed by atoms with Gasteiger partial charge in [-0.25, -0.2) is 4.98 Å². The second kappa shape index (κ2) is 33.1. The summed E-state index contributed by atoms with van der Waals surface area (Å²) in [6.07, 6.45) is 52.7. The van der Waals surface area contributed by atoms with Crippen LogP contribution < -0.4 is 0 Å². The average molecular weight is 629 g/mol. The highest BCUT2D eigenvalue weighted by Crippen LogP contribution is 2.31. The average Bonchev–Trinajstić information content (AvgIpc) is 3.54. The zero-order chi connectivity index (χ0) is 32.5. The third kappa shape index (κ3) is 25.0. The fourth-order valence-corrected chi connectivity index (χ4v) is 7.42.